The van der Waals surface area contributed by atoms with E-state index in [1.807, 2.05) is 0 Å². The van der Waals surface area contributed by atoms with E-state index in [1.165, 1.54) is 24.3 Å². The molecule has 6 rings (SSSR count). The molecule has 0 saturated heterocycles. The van der Waals surface area contributed by atoms with Gasteiger partial charge in [-0.1, -0.05) is 60.7 Å². The summed E-state index contributed by atoms with van der Waals surface area (Å²) < 4.78 is 17.9. The van der Waals surface area contributed by atoms with E-state index in [1.54, 1.807) is 36.4 Å². The third-order valence-electron chi connectivity index (χ3n) is 6.68. The molecule has 0 bridgehead atoms. The molecule has 0 saturated carbocycles. The fourth-order valence-corrected chi connectivity index (χ4v) is 4.80. The fraction of sp³-hybridized carbons (Fsp3) is 0.0667. The van der Waals surface area contributed by atoms with E-state index < -0.39 is 68.2 Å². The van der Waals surface area contributed by atoms with Crippen LogP contribution in [0.25, 0.3) is 22.3 Å². The van der Waals surface area contributed by atoms with E-state index in [4.69, 9.17) is 13.9 Å². The van der Waals surface area contributed by atoms with Gasteiger partial charge < -0.3 is 44.5 Å². The molecule has 1 aliphatic rings. The number of benzene rings is 4. The van der Waals surface area contributed by atoms with Crippen LogP contribution < -0.4 is 14.9 Å². The second-order valence-corrected chi connectivity index (χ2v) is 9.32. The molecular formula is C30H20O11. The maximum absolute atomic E-state index is 13.9. The Morgan fingerprint density at radius 3 is 2.02 bits per heavy atom. The first-order valence-corrected chi connectivity index (χ1v) is 12.1. The molecule has 0 spiro atoms. The quantitative estimate of drug-likeness (QED) is 0.178. The Morgan fingerprint density at radius 2 is 1.34 bits per heavy atom. The lowest BCUT2D eigenvalue weighted by Crippen LogP contribution is -2.66. The Morgan fingerprint density at radius 1 is 0.732 bits per heavy atom. The lowest BCUT2D eigenvalue weighted by molar-refractivity contribution is -0.314. The zero-order valence-corrected chi connectivity index (χ0v) is 20.8. The van der Waals surface area contributed by atoms with Crippen molar-refractivity contribution in [2.45, 2.75) is 11.6 Å². The molecule has 0 amide bonds. The number of aliphatic hydroxyl groups is 2. The highest BCUT2D eigenvalue weighted by molar-refractivity contribution is 6.07. The summed E-state index contributed by atoms with van der Waals surface area (Å²) in [5.41, 5.74) is -1.75. The zero-order chi connectivity index (χ0) is 29.1. The molecule has 1 atom stereocenters. The Kier molecular flexibility index (Phi) is 5.66. The number of phenols is 4. The first-order valence-electron chi connectivity index (χ1n) is 12.1. The number of fused-ring (bicyclic) bond motifs is 2. The second kappa shape index (κ2) is 9.01. The Balaban J connectivity index is 1.70. The SMILES string of the molecule is O=C1c2c(O)cc(O)cc2OC(Oc2c(-c3ccccc3)oc3cc(O)cc(O)c3c2=O)(c2ccccc2)C1(O)O. The molecule has 6 N–H and O–H groups in total. The molecule has 4 aromatic carbocycles. The number of carbonyl (C=O) groups is 1. The molecule has 5 aromatic rings. The monoisotopic (exact) mass is 556 g/mol. The molecule has 1 aliphatic heterocycles. The summed E-state index contributed by atoms with van der Waals surface area (Å²) in [7, 11) is 0. The number of rotatable bonds is 4. The maximum atomic E-state index is 13.9. The number of aromatic hydroxyl groups is 4. The minimum atomic E-state index is -3.58. The number of phenolic OH excluding ortho intramolecular Hbond substituents is 4. The number of hydrogen-bond donors (Lipinski definition) is 6. The highest BCUT2D eigenvalue weighted by Crippen LogP contribution is 2.50. The molecule has 0 aliphatic carbocycles. The van der Waals surface area contributed by atoms with Gasteiger partial charge in [-0.3, -0.25) is 9.59 Å². The van der Waals surface area contributed by atoms with Crippen LogP contribution in [0, 0.1) is 0 Å². The van der Waals surface area contributed by atoms with Crippen LogP contribution in [0.1, 0.15) is 15.9 Å². The Bertz CT molecular complexity index is 1900. The number of hydrogen-bond acceptors (Lipinski definition) is 11. The number of ether oxygens (including phenoxy) is 2. The van der Waals surface area contributed by atoms with E-state index in [2.05, 4.69) is 0 Å². The summed E-state index contributed by atoms with van der Waals surface area (Å²) in [4.78, 5) is 27.5. The van der Waals surface area contributed by atoms with Gasteiger partial charge in [0.05, 0.1) is 0 Å². The third-order valence-corrected chi connectivity index (χ3v) is 6.68. The number of Topliss-reactive ketones (excluding diaryl/α,β-unsaturated/α-hetero) is 1. The van der Waals surface area contributed by atoms with Crippen molar-refractivity contribution in [2.75, 3.05) is 0 Å². The smallest absolute Gasteiger partial charge is 0.342 e. The van der Waals surface area contributed by atoms with Crippen molar-refractivity contribution >= 4 is 16.8 Å². The van der Waals surface area contributed by atoms with Gasteiger partial charge in [0.1, 0.15) is 45.3 Å². The minimum Gasteiger partial charge on any atom is -0.508 e. The van der Waals surface area contributed by atoms with Crippen LogP contribution in [0.15, 0.2) is 94.1 Å². The predicted octanol–water partition coefficient (Wildman–Crippen LogP) is 3.47. The number of carbonyl (C=O) groups excluding carboxylic acids is 1. The summed E-state index contributed by atoms with van der Waals surface area (Å²) in [6, 6.07) is 19.1. The summed E-state index contributed by atoms with van der Waals surface area (Å²) in [5.74, 6) is -11.8. The highest BCUT2D eigenvalue weighted by Gasteiger charge is 2.66. The lowest BCUT2D eigenvalue weighted by atomic mass is 9.86. The standard InChI is InChI=1S/C30H20O11/c31-17-11-19(33)23-21(13-17)39-26(15-7-3-1-4-8-15)27(25(23)35)41-30(16-9-5-2-6-10-16)29(37,38)28(36)24-20(34)12-18(32)14-22(24)40-30/h1-14,31-34,37-38H. The first-order chi connectivity index (χ1) is 19.5. The van der Waals surface area contributed by atoms with Gasteiger partial charge in [0.2, 0.25) is 17.0 Å². The Hall–Kier alpha value is -5.52. The van der Waals surface area contributed by atoms with Crippen LogP contribution >= 0.6 is 0 Å². The van der Waals surface area contributed by atoms with E-state index in [-0.39, 0.29) is 22.5 Å². The number of ketones is 1. The van der Waals surface area contributed by atoms with Gasteiger partial charge in [0.15, 0.2) is 5.76 Å². The van der Waals surface area contributed by atoms with Crippen LogP contribution in [0.4, 0.5) is 0 Å². The largest absolute Gasteiger partial charge is 0.508 e. The van der Waals surface area contributed by atoms with Gasteiger partial charge in [0, 0.05) is 35.4 Å². The second-order valence-electron chi connectivity index (χ2n) is 9.32. The van der Waals surface area contributed by atoms with Gasteiger partial charge in [-0.2, -0.15) is 0 Å². The van der Waals surface area contributed by atoms with Crippen molar-refractivity contribution in [3.63, 3.8) is 0 Å². The van der Waals surface area contributed by atoms with E-state index in [0.29, 0.717) is 0 Å². The van der Waals surface area contributed by atoms with Crippen LogP contribution in [0.3, 0.4) is 0 Å². The van der Waals surface area contributed by atoms with Crippen molar-refractivity contribution in [1.82, 2.24) is 0 Å². The van der Waals surface area contributed by atoms with Crippen LogP contribution in [0.2, 0.25) is 0 Å². The molecule has 0 radical (unpaired) electrons. The molecule has 0 fully saturated rings. The van der Waals surface area contributed by atoms with Crippen LogP contribution in [-0.2, 0) is 5.79 Å². The highest BCUT2D eigenvalue weighted by atomic mass is 16.7. The summed E-state index contributed by atoms with van der Waals surface area (Å²) in [6.45, 7) is 0. The molecule has 1 unspecified atom stereocenters. The van der Waals surface area contributed by atoms with Crippen molar-refractivity contribution < 1.29 is 49.3 Å². The summed E-state index contributed by atoms with van der Waals surface area (Å²) in [6.07, 6.45) is 0. The van der Waals surface area contributed by atoms with Crippen LogP contribution in [-0.4, -0.2) is 42.2 Å². The van der Waals surface area contributed by atoms with Crippen molar-refractivity contribution in [3.05, 3.63) is 106 Å². The molecular weight excluding hydrogens is 536 g/mol. The zero-order valence-electron chi connectivity index (χ0n) is 20.8. The average Bonchev–Trinajstić information content (AvgIpc) is 2.93. The first kappa shape index (κ1) is 25.7. The van der Waals surface area contributed by atoms with Crippen molar-refractivity contribution in [1.29, 1.82) is 0 Å². The lowest BCUT2D eigenvalue weighted by Gasteiger charge is -2.45. The van der Waals surface area contributed by atoms with Crippen LogP contribution in [0.5, 0.6) is 34.5 Å². The van der Waals surface area contributed by atoms with Gasteiger partial charge in [-0.15, -0.1) is 0 Å². The topological polar surface area (TPSA) is 187 Å². The van der Waals surface area contributed by atoms with Gasteiger partial charge >= 0.3 is 11.6 Å². The van der Waals surface area contributed by atoms with E-state index >= 15 is 0 Å². The fourth-order valence-electron chi connectivity index (χ4n) is 4.80. The van der Waals surface area contributed by atoms with Crippen molar-refractivity contribution in [2.24, 2.45) is 0 Å². The van der Waals surface area contributed by atoms with Gasteiger partial charge in [-0.25, -0.2) is 0 Å². The maximum Gasteiger partial charge on any atom is 0.342 e. The van der Waals surface area contributed by atoms with Crippen molar-refractivity contribution in [3.8, 4) is 45.8 Å². The Labute approximate surface area is 229 Å². The molecule has 11 heteroatoms. The average molecular weight is 556 g/mol. The molecule has 11 nitrogen and oxygen atoms in total. The van der Waals surface area contributed by atoms with E-state index in [0.717, 1.165) is 24.3 Å². The summed E-state index contributed by atoms with van der Waals surface area (Å²) >= 11 is 0. The molecule has 41 heavy (non-hydrogen) atoms. The third kappa shape index (κ3) is 3.83. The molecule has 1 aromatic heterocycles. The summed E-state index contributed by atoms with van der Waals surface area (Å²) in [5, 5.41) is 63.4. The molecule has 206 valence electrons. The predicted molar refractivity (Wildman–Crippen MR) is 142 cm³/mol. The van der Waals surface area contributed by atoms with E-state index in [9.17, 15) is 40.2 Å². The van der Waals surface area contributed by atoms with Gasteiger partial charge in [0.25, 0.3) is 0 Å². The minimum absolute atomic E-state index is 0.153. The molecule has 2 heterocycles. The normalized spacial score (nSPS) is 17.6. The van der Waals surface area contributed by atoms with Gasteiger partial charge in [-0.05, 0) is 0 Å².